The molecule has 1 aliphatic carbocycles. The van der Waals surface area contributed by atoms with Crippen molar-refractivity contribution in [3.05, 3.63) is 34.9 Å². The van der Waals surface area contributed by atoms with Crippen LogP contribution in [0.3, 0.4) is 0 Å². The molecule has 116 valence electrons. The zero-order valence-corrected chi connectivity index (χ0v) is 13.8. The van der Waals surface area contributed by atoms with E-state index in [9.17, 15) is 9.90 Å². The van der Waals surface area contributed by atoms with Crippen LogP contribution in [0, 0.1) is 0 Å². The number of thioether (sulfide) groups is 1. The van der Waals surface area contributed by atoms with Crippen LogP contribution < -0.4 is 5.32 Å². The minimum Gasteiger partial charge on any atom is -0.480 e. The molecular formula is C16H22ClNO2S. The molecule has 1 aromatic carbocycles. The van der Waals surface area contributed by atoms with E-state index >= 15 is 0 Å². The molecule has 0 bridgehead atoms. The monoisotopic (exact) mass is 327 g/mol. The summed E-state index contributed by atoms with van der Waals surface area (Å²) in [5, 5.41) is 13.4. The van der Waals surface area contributed by atoms with Gasteiger partial charge in [0.25, 0.3) is 0 Å². The summed E-state index contributed by atoms with van der Waals surface area (Å²) in [7, 11) is 0. The van der Waals surface area contributed by atoms with Gasteiger partial charge >= 0.3 is 5.97 Å². The van der Waals surface area contributed by atoms with E-state index in [1.54, 1.807) is 18.7 Å². The molecule has 0 saturated heterocycles. The lowest BCUT2D eigenvalue weighted by Gasteiger charge is -2.26. The van der Waals surface area contributed by atoms with Gasteiger partial charge in [-0.3, -0.25) is 10.1 Å². The summed E-state index contributed by atoms with van der Waals surface area (Å²) in [5.41, 5.74) is 0.354. The second-order valence-electron chi connectivity index (χ2n) is 5.80. The maximum Gasteiger partial charge on any atom is 0.323 e. The van der Waals surface area contributed by atoms with Crippen molar-refractivity contribution in [2.24, 2.45) is 0 Å². The molecule has 0 aromatic heterocycles. The number of halogens is 1. The Morgan fingerprint density at radius 1 is 1.48 bits per heavy atom. The second-order valence-corrected chi connectivity index (χ2v) is 7.32. The van der Waals surface area contributed by atoms with Crippen molar-refractivity contribution in [1.29, 1.82) is 0 Å². The number of benzene rings is 1. The summed E-state index contributed by atoms with van der Waals surface area (Å²) in [6, 6.07) is 8.26. The van der Waals surface area contributed by atoms with Gasteiger partial charge in [-0.05, 0) is 50.0 Å². The van der Waals surface area contributed by atoms with Crippen molar-refractivity contribution in [3.8, 4) is 0 Å². The first-order valence-corrected chi connectivity index (χ1v) is 8.87. The predicted octanol–water partition coefficient (Wildman–Crippen LogP) is 3.95. The summed E-state index contributed by atoms with van der Waals surface area (Å²) >= 11 is 7.92. The quantitative estimate of drug-likeness (QED) is 0.674. The van der Waals surface area contributed by atoms with E-state index in [0.717, 1.165) is 41.4 Å². The average molecular weight is 328 g/mol. The third-order valence-corrected chi connectivity index (χ3v) is 5.21. The normalized spacial score (nSPS) is 17.4. The van der Waals surface area contributed by atoms with Crippen LogP contribution >= 0.6 is 23.4 Å². The van der Waals surface area contributed by atoms with Crippen molar-refractivity contribution in [2.75, 3.05) is 5.75 Å². The van der Waals surface area contributed by atoms with Gasteiger partial charge in [-0.25, -0.2) is 0 Å². The van der Waals surface area contributed by atoms with Gasteiger partial charge in [0.15, 0.2) is 0 Å². The van der Waals surface area contributed by atoms with Crippen LogP contribution in [0.1, 0.15) is 38.2 Å². The Bertz CT molecular complexity index is 493. The fourth-order valence-electron chi connectivity index (χ4n) is 2.24. The molecule has 1 atom stereocenters. The number of hydrogen-bond acceptors (Lipinski definition) is 3. The van der Waals surface area contributed by atoms with Crippen LogP contribution in [0.15, 0.2) is 24.3 Å². The zero-order chi connectivity index (χ0) is 15.3. The Balaban J connectivity index is 1.70. The molecule has 1 aromatic rings. The summed E-state index contributed by atoms with van der Waals surface area (Å²) in [6.45, 7) is 1.80. The van der Waals surface area contributed by atoms with Gasteiger partial charge in [-0.2, -0.15) is 11.8 Å². The minimum absolute atomic E-state index is 0.405. The van der Waals surface area contributed by atoms with Crippen molar-refractivity contribution in [2.45, 2.75) is 49.9 Å². The molecule has 3 nitrogen and oxygen atoms in total. The maximum atomic E-state index is 11.4. The Labute approximate surface area is 135 Å². The first-order chi connectivity index (χ1) is 10.0. The SMILES string of the molecule is CC(CCCSCc1ccccc1Cl)(NC1CC1)C(=O)O. The van der Waals surface area contributed by atoms with E-state index in [1.165, 1.54) is 0 Å². The number of carbonyl (C=O) groups is 1. The van der Waals surface area contributed by atoms with Crippen molar-refractivity contribution >= 4 is 29.3 Å². The lowest BCUT2D eigenvalue weighted by Crippen LogP contribution is -2.50. The number of nitrogens with one attached hydrogen (secondary N) is 1. The van der Waals surface area contributed by atoms with Crippen LogP contribution in [0.2, 0.25) is 5.02 Å². The highest BCUT2D eigenvalue weighted by Crippen LogP contribution is 2.26. The van der Waals surface area contributed by atoms with E-state index in [1.807, 2.05) is 24.3 Å². The predicted molar refractivity (Wildman–Crippen MR) is 89.0 cm³/mol. The van der Waals surface area contributed by atoms with Crippen LogP contribution in [-0.4, -0.2) is 28.4 Å². The molecule has 1 unspecified atom stereocenters. The van der Waals surface area contributed by atoms with Gasteiger partial charge in [-0.15, -0.1) is 0 Å². The third kappa shape index (κ3) is 5.20. The highest BCUT2D eigenvalue weighted by molar-refractivity contribution is 7.98. The largest absolute Gasteiger partial charge is 0.480 e. The van der Waals surface area contributed by atoms with E-state index in [0.29, 0.717) is 12.5 Å². The van der Waals surface area contributed by atoms with Gasteiger partial charge in [0.2, 0.25) is 0 Å². The second kappa shape index (κ2) is 7.52. The molecule has 0 amide bonds. The fraction of sp³-hybridized carbons (Fsp3) is 0.562. The van der Waals surface area contributed by atoms with E-state index in [2.05, 4.69) is 5.32 Å². The Kier molecular flexibility index (Phi) is 5.97. The van der Waals surface area contributed by atoms with Gasteiger partial charge < -0.3 is 5.11 Å². The third-order valence-electron chi connectivity index (χ3n) is 3.75. The standard InChI is InChI=1S/C16H22ClNO2S/c1-16(15(19)20,18-13-7-8-13)9-4-10-21-11-12-5-2-3-6-14(12)17/h2-3,5-6,13,18H,4,7-11H2,1H3,(H,19,20). The fourth-order valence-corrected chi connectivity index (χ4v) is 3.49. The van der Waals surface area contributed by atoms with Gasteiger partial charge in [-0.1, -0.05) is 29.8 Å². The zero-order valence-electron chi connectivity index (χ0n) is 12.3. The number of hydrogen-bond donors (Lipinski definition) is 2. The molecule has 21 heavy (non-hydrogen) atoms. The lowest BCUT2D eigenvalue weighted by molar-refractivity contribution is -0.144. The Morgan fingerprint density at radius 3 is 2.81 bits per heavy atom. The molecular weight excluding hydrogens is 306 g/mol. The molecule has 0 aliphatic heterocycles. The molecule has 1 saturated carbocycles. The van der Waals surface area contributed by atoms with Crippen molar-refractivity contribution in [1.82, 2.24) is 5.32 Å². The molecule has 0 heterocycles. The first kappa shape index (κ1) is 16.7. The number of aliphatic carboxylic acids is 1. The van der Waals surface area contributed by atoms with Crippen molar-refractivity contribution in [3.63, 3.8) is 0 Å². The molecule has 2 N–H and O–H groups in total. The topological polar surface area (TPSA) is 49.3 Å². The van der Waals surface area contributed by atoms with E-state index < -0.39 is 11.5 Å². The highest BCUT2D eigenvalue weighted by atomic mass is 35.5. The molecule has 5 heteroatoms. The summed E-state index contributed by atoms with van der Waals surface area (Å²) in [4.78, 5) is 11.4. The Hall–Kier alpha value is -0.710. The smallest absolute Gasteiger partial charge is 0.323 e. The van der Waals surface area contributed by atoms with Crippen molar-refractivity contribution < 1.29 is 9.90 Å². The highest BCUT2D eigenvalue weighted by Gasteiger charge is 2.37. The molecule has 1 fully saturated rings. The van der Waals surface area contributed by atoms with Crippen LogP contribution in [0.25, 0.3) is 0 Å². The average Bonchev–Trinajstić information content (AvgIpc) is 3.24. The molecule has 0 spiro atoms. The van der Waals surface area contributed by atoms with Crippen LogP contribution in [0.5, 0.6) is 0 Å². The number of carboxylic acids is 1. The lowest BCUT2D eigenvalue weighted by atomic mass is 9.96. The molecule has 2 rings (SSSR count). The van der Waals surface area contributed by atoms with Gasteiger partial charge in [0.1, 0.15) is 5.54 Å². The number of carboxylic acid groups (broad SMARTS) is 1. The van der Waals surface area contributed by atoms with Gasteiger partial charge in [0.05, 0.1) is 0 Å². The summed E-state index contributed by atoms with van der Waals surface area (Å²) < 4.78 is 0. The van der Waals surface area contributed by atoms with E-state index in [4.69, 9.17) is 11.6 Å². The summed E-state index contributed by atoms with van der Waals surface area (Å²) in [5.74, 6) is 1.07. The Morgan fingerprint density at radius 2 is 2.19 bits per heavy atom. The van der Waals surface area contributed by atoms with Crippen LogP contribution in [0.4, 0.5) is 0 Å². The van der Waals surface area contributed by atoms with Crippen LogP contribution in [-0.2, 0) is 10.5 Å². The molecule has 0 radical (unpaired) electrons. The maximum absolute atomic E-state index is 11.4. The van der Waals surface area contributed by atoms with Gasteiger partial charge in [0, 0.05) is 16.8 Å². The number of rotatable bonds is 9. The van der Waals surface area contributed by atoms with E-state index in [-0.39, 0.29) is 0 Å². The summed E-state index contributed by atoms with van der Waals surface area (Å²) in [6.07, 6.45) is 3.75. The first-order valence-electron chi connectivity index (χ1n) is 7.33. The minimum atomic E-state index is -0.786. The molecule has 1 aliphatic rings.